The molecule has 0 aromatic rings. The van der Waals surface area contributed by atoms with Gasteiger partial charge < -0.3 is 9.53 Å². The van der Waals surface area contributed by atoms with Gasteiger partial charge in [-0.3, -0.25) is 4.79 Å². The van der Waals surface area contributed by atoms with Gasteiger partial charge in [-0.15, -0.1) is 0 Å². The van der Waals surface area contributed by atoms with Gasteiger partial charge in [-0.2, -0.15) is 0 Å². The van der Waals surface area contributed by atoms with Crippen LogP contribution in [0.5, 0.6) is 0 Å². The Balaban J connectivity index is 2.46. The van der Waals surface area contributed by atoms with E-state index >= 15 is 0 Å². The summed E-state index contributed by atoms with van der Waals surface area (Å²) < 4.78 is 4.43. The highest BCUT2D eigenvalue weighted by molar-refractivity contribution is 5.88. The first-order valence-corrected chi connectivity index (χ1v) is 3.32. The number of hydrogen-bond acceptors (Lipinski definition) is 3. The van der Waals surface area contributed by atoms with E-state index < -0.39 is 11.9 Å². The molecule has 56 valence electrons. The first kappa shape index (κ1) is 7.25. The minimum absolute atomic E-state index is 0.268. The molecular weight excluding hydrogens is 132 g/mol. The highest BCUT2D eigenvalue weighted by Gasteiger charge is 2.36. The molecule has 1 aliphatic rings. The molecule has 0 N–H and O–H groups in total. The first-order chi connectivity index (χ1) is 4.79. The molecule has 1 rings (SSSR count). The van der Waals surface area contributed by atoms with Crippen LogP contribution in [-0.2, 0) is 14.3 Å². The van der Waals surface area contributed by atoms with Gasteiger partial charge in [0.1, 0.15) is 12.2 Å². The summed E-state index contributed by atoms with van der Waals surface area (Å²) in [5, 5.41) is 0. The average molecular weight is 142 g/mol. The smallest absolute Gasteiger partial charge is 0.316 e. The molecule has 0 aromatic heterocycles. The average Bonchev–Trinajstić information content (AvgIpc) is 2.73. The minimum Gasteiger partial charge on any atom is -0.468 e. The fraction of sp³-hybridized carbons (Fsp3) is 0.714. The molecule has 0 spiro atoms. The molecule has 0 bridgehead atoms. The van der Waals surface area contributed by atoms with Crippen molar-refractivity contribution in [3.05, 3.63) is 0 Å². The van der Waals surface area contributed by atoms with Crippen molar-refractivity contribution in [1.29, 1.82) is 0 Å². The van der Waals surface area contributed by atoms with Crippen molar-refractivity contribution in [3.63, 3.8) is 0 Å². The lowest BCUT2D eigenvalue weighted by atomic mass is 10.1. The summed E-state index contributed by atoms with van der Waals surface area (Å²) in [4.78, 5) is 21.1. The van der Waals surface area contributed by atoms with Crippen molar-refractivity contribution < 1.29 is 14.3 Å². The van der Waals surface area contributed by atoms with Gasteiger partial charge in [0.25, 0.3) is 0 Å². The summed E-state index contributed by atoms with van der Waals surface area (Å²) in [5.74, 6) is -0.618. The Hall–Kier alpha value is -0.860. The number of rotatable bonds is 3. The molecule has 10 heavy (non-hydrogen) atoms. The summed E-state index contributed by atoms with van der Waals surface area (Å²) in [7, 11) is 1.31. The lowest BCUT2D eigenvalue weighted by Gasteiger charge is -2.03. The second-order valence-electron chi connectivity index (χ2n) is 2.52. The summed E-state index contributed by atoms with van der Waals surface area (Å²) in [6.45, 7) is 0. The molecule has 1 fully saturated rings. The number of ether oxygens (including phenoxy) is 1. The van der Waals surface area contributed by atoms with Gasteiger partial charge in [-0.1, -0.05) is 0 Å². The highest BCUT2D eigenvalue weighted by atomic mass is 16.5. The summed E-state index contributed by atoms with van der Waals surface area (Å²) in [5.41, 5.74) is 0. The Kier molecular flexibility index (Phi) is 2.04. The Morgan fingerprint density at radius 1 is 1.70 bits per heavy atom. The van der Waals surface area contributed by atoms with Gasteiger partial charge >= 0.3 is 5.97 Å². The van der Waals surface area contributed by atoms with Gasteiger partial charge in [-0.05, 0) is 18.8 Å². The molecule has 1 atom stereocenters. The second kappa shape index (κ2) is 2.82. The summed E-state index contributed by atoms with van der Waals surface area (Å²) >= 11 is 0. The van der Waals surface area contributed by atoms with Crippen molar-refractivity contribution in [3.8, 4) is 0 Å². The number of carbonyl (C=O) groups is 2. The van der Waals surface area contributed by atoms with Gasteiger partial charge in [0, 0.05) is 0 Å². The van der Waals surface area contributed by atoms with Crippen LogP contribution < -0.4 is 0 Å². The van der Waals surface area contributed by atoms with Gasteiger partial charge in [0.2, 0.25) is 0 Å². The highest BCUT2D eigenvalue weighted by Crippen LogP contribution is 2.36. The predicted octanol–water partition coefficient (Wildman–Crippen LogP) is 0.384. The fourth-order valence-corrected chi connectivity index (χ4v) is 0.951. The molecule has 1 saturated carbocycles. The van der Waals surface area contributed by atoms with E-state index in [2.05, 4.69) is 4.74 Å². The van der Waals surface area contributed by atoms with Crippen molar-refractivity contribution >= 4 is 12.3 Å². The molecule has 1 aliphatic carbocycles. The zero-order valence-corrected chi connectivity index (χ0v) is 5.87. The normalized spacial score (nSPS) is 19.7. The van der Waals surface area contributed by atoms with Crippen LogP contribution in [-0.4, -0.2) is 19.4 Å². The third kappa shape index (κ3) is 1.35. The van der Waals surface area contributed by atoms with Crippen molar-refractivity contribution in [2.75, 3.05) is 7.11 Å². The molecule has 0 radical (unpaired) electrons. The van der Waals surface area contributed by atoms with Crippen LogP contribution in [0.2, 0.25) is 0 Å². The van der Waals surface area contributed by atoms with Crippen LogP contribution >= 0.6 is 0 Å². The van der Waals surface area contributed by atoms with Crippen LogP contribution in [0.15, 0.2) is 0 Å². The van der Waals surface area contributed by atoms with Gasteiger partial charge in [0.15, 0.2) is 0 Å². The third-order valence-electron chi connectivity index (χ3n) is 1.75. The summed E-state index contributed by atoms with van der Waals surface area (Å²) in [6, 6.07) is 0. The molecule has 3 heteroatoms. The molecule has 3 nitrogen and oxygen atoms in total. The second-order valence-corrected chi connectivity index (χ2v) is 2.52. The minimum atomic E-state index is -0.495. The number of methoxy groups -OCH3 is 1. The number of hydrogen-bond donors (Lipinski definition) is 0. The van der Waals surface area contributed by atoms with Crippen molar-refractivity contribution in [2.45, 2.75) is 12.8 Å². The molecule has 0 saturated heterocycles. The zero-order chi connectivity index (χ0) is 7.56. The maximum Gasteiger partial charge on any atom is 0.316 e. The maximum absolute atomic E-state index is 10.8. The lowest BCUT2D eigenvalue weighted by Crippen LogP contribution is -2.19. The van der Waals surface area contributed by atoms with Crippen LogP contribution in [0.25, 0.3) is 0 Å². The van der Waals surface area contributed by atoms with Crippen molar-refractivity contribution in [2.24, 2.45) is 11.8 Å². The number of carbonyl (C=O) groups excluding carboxylic acids is 2. The van der Waals surface area contributed by atoms with Crippen LogP contribution in [0.3, 0.4) is 0 Å². The Labute approximate surface area is 59.4 Å². The molecule has 0 amide bonds. The topological polar surface area (TPSA) is 43.4 Å². The maximum atomic E-state index is 10.8. The van der Waals surface area contributed by atoms with E-state index in [-0.39, 0.29) is 5.92 Å². The van der Waals surface area contributed by atoms with Gasteiger partial charge in [0.05, 0.1) is 7.11 Å². The quantitative estimate of drug-likeness (QED) is 0.325. The van der Waals surface area contributed by atoms with Crippen LogP contribution in [0.1, 0.15) is 12.8 Å². The van der Waals surface area contributed by atoms with Gasteiger partial charge in [-0.25, -0.2) is 0 Å². The largest absolute Gasteiger partial charge is 0.468 e. The zero-order valence-electron chi connectivity index (χ0n) is 5.87. The van der Waals surface area contributed by atoms with E-state index in [4.69, 9.17) is 0 Å². The SMILES string of the molecule is COC(=O)C(C=O)C1CC1. The first-order valence-electron chi connectivity index (χ1n) is 3.32. The summed E-state index contributed by atoms with van der Waals surface area (Å²) in [6.07, 6.45) is 2.65. The molecule has 0 aliphatic heterocycles. The van der Waals surface area contributed by atoms with E-state index in [0.717, 1.165) is 12.8 Å². The number of aldehydes is 1. The van der Waals surface area contributed by atoms with E-state index in [1.807, 2.05) is 0 Å². The lowest BCUT2D eigenvalue weighted by molar-refractivity contribution is -0.147. The Bertz CT molecular complexity index is 149. The van der Waals surface area contributed by atoms with Crippen LogP contribution in [0, 0.1) is 11.8 Å². The van der Waals surface area contributed by atoms with Crippen LogP contribution in [0.4, 0.5) is 0 Å². The molecular formula is C7H10O3. The third-order valence-corrected chi connectivity index (χ3v) is 1.75. The Morgan fingerprint density at radius 3 is 2.60 bits per heavy atom. The monoisotopic (exact) mass is 142 g/mol. The fourth-order valence-electron chi connectivity index (χ4n) is 0.951. The van der Waals surface area contributed by atoms with E-state index in [1.165, 1.54) is 7.11 Å². The molecule has 0 aromatic carbocycles. The van der Waals surface area contributed by atoms with E-state index in [1.54, 1.807) is 0 Å². The van der Waals surface area contributed by atoms with E-state index in [0.29, 0.717) is 6.29 Å². The van der Waals surface area contributed by atoms with E-state index in [9.17, 15) is 9.59 Å². The standard InChI is InChI=1S/C7H10O3/c1-10-7(9)6(4-8)5-2-3-5/h4-6H,2-3H2,1H3. The van der Waals surface area contributed by atoms with Crippen molar-refractivity contribution in [1.82, 2.24) is 0 Å². The number of esters is 1. The predicted molar refractivity (Wildman–Crippen MR) is 34.3 cm³/mol. The molecule has 0 heterocycles. The Morgan fingerprint density at radius 2 is 2.30 bits per heavy atom. The molecule has 1 unspecified atom stereocenters.